The molecular weight excluding hydrogens is 420 g/mol. The van der Waals surface area contributed by atoms with Crippen molar-refractivity contribution >= 4 is 27.3 Å². The molecule has 2 aromatic carbocycles. The van der Waals surface area contributed by atoms with E-state index in [9.17, 15) is 13.2 Å². The SMILES string of the molecule is CCc1nc(CN2C(=O)COc3ccc(S(=O)(=O)Nc4cccc(C)c4C)cc32)no1. The fraction of sp³-hybridized carbons (Fsp3) is 0.286. The Morgan fingerprint density at radius 1 is 1.19 bits per heavy atom. The number of carbonyl (C=O) groups is 1. The van der Waals surface area contributed by atoms with Gasteiger partial charge in [-0.25, -0.2) is 8.42 Å². The Balaban J connectivity index is 1.68. The van der Waals surface area contributed by atoms with Crippen LogP contribution < -0.4 is 14.4 Å². The van der Waals surface area contributed by atoms with Crippen molar-refractivity contribution in [2.45, 2.75) is 38.6 Å². The molecule has 1 aliphatic rings. The van der Waals surface area contributed by atoms with E-state index in [-0.39, 0.29) is 24.0 Å². The molecule has 0 saturated carbocycles. The van der Waals surface area contributed by atoms with Gasteiger partial charge in [-0.3, -0.25) is 14.4 Å². The number of sulfonamides is 1. The summed E-state index contributed by atoms with van der Waals surface area (Å²) < 4.78 is 39.3. The van der Waals surface area contributed by atoms with E-state index in [4.69, 9.17) is 9.26 Å². The Hall–Kier alpha value is -3.40. The van der Waals surface area contributed by atoms with Crippen LogP contribution in [-0.2, 0) is 27.8 Å². The van der Waals surface area contributed by atoms with Crippen molar-refractivity contribution in [3.8, 4) is 5.75 Å². The van der Waals surface area contributed by atoms with Gasteiger partial charge in [-0.2, -0.15) is 4.98 Å². The van der Waals surface area contributed by atoms with Gasteiger partial charge in [0.2, 0.25) is 5.89 Å². The maximum absolute atomic E-state index is 13.0. The highest BCUT2D eigenvalue weighted by Crippen LogP contribution is 2.35. The molecule has 0 saturated heterocycles. The maximum atomic E-state index is 13.0. The number of rotatable bonds is 6. The van der Waals surface area contributed by atoms with Gasteiger partial charge in [-0.05, 0) is 49.2 Å². The fourth-order valence-electron chi connectivity index (χ4n) is 3.23. The van der Waals surface area contributed by atoms with Crippen LogP contribution in [0.1, 0.15) is 29.8 Å². The lowest BCUT2D eigenvalue weighted by Gasteiger charge is -2.28. The standard InChI is InChI=1S/C21H22N4O5S/c1-4-20-22-19(23-30-20)11-25-17-10-15(8-9-18(17)29-12-21(25)26)31(27,28)24-16-7-5-6-13(2)14(16)3/h5-10,24H,4,11-12H2,1-3H3. The highest BCUT2D eigenvalue weighted by atomic mass is 32.2. The van der Waals surface area contributed by atoms with E-state index in [0.29, 0.717) is 35.3 Å². The number of amides is 1. The summed E-state index contributed by atoms with van der Waals surface area (Å²) in [5, 5.41) is 3.88. The molecule has 0 spiro atoms. The first-order valence-electron chi connectivity index (χ1n) is 9.76. The third kappa shape index (κ3) is 4.11. The third-order valence-corrected chi connectivity index (χ3v) is 6.51. The molecule has 4 rings (SSSR count). The van der Waals surface area contributed by atoms with Crippen molar-refractivity contribution in [2.75, 3.05) is 16.2 Å². The second-order valence-electron chi connectivity index (χ2n) is 7.21. The number of hydrogen-bond donors (Lipinski definition) is 1. The smallest absolute Gasteiger partial charge is 0.265 e. The summed E-state index contributed by atoms with van der Waals surface area (Å²) in [7, 11) is -3.89. The molecule has 1 amide bonds. The normalized spacial score (nSPS) is 13.6. The molecule has 31 heavy (non-hydrogen) atoms. The largest absolute Gasteiger partial charge is 0.482 e. The number of nitrogens with zero attached hydrogens (tertiary/aromatic N) is 3. The van der Waals surface area contributed by atoms with Crippen molar-refractivity contribution in [3.05, 3.63) is 59.2 Å². The Morgan fingerprint density at radius 3 is 2.74 bits per heavy atom. The van der Waals surface area contributed by atoms with Gasteiger partial charge in [0.15, 0.2) is 12.4 Å². The second-order valence-corrected chi connectivity index (χ2v) is 8.89. The number of aryl methyl sites for hydroxylation is 2. The number of fused-ring (bicyclic) bond motifs is 1. The topological polar surface area (TPSA) is 115 Å². The molecular formula is C21H22N4O5S. The van der Waals surface area contributed by atoms with E-state index in [1.165, 1.54) is 17.0 Å². The number of carbonyl (C=O) groups excluding carboxylic acids is 1. The van der Waals surface area contributed by atoms with E-state index in [0.717, 1.165) is 11.1 Å². The summed E-state index contributed by atoms with van der Waals surface area (Å²) in [4.78, 5) is 18.2. The van der Waals surface area contributed by atoms with Crippen molar-refractivity contribution in [3.63, 3.8) is 0 Å². The van der Waals surface area contributed by atoms with Crippen LogP contribution in [0.4, 0.5) is 11.4 Å². The molecule has 3 aromatic rings. The van der Waals surface area contributed by atoms with Crippen molar-refractivity contribution in [1.82, 2.24) is 10.1 Å². The maximum Gasteiger partial charge on any atom is 0.265 e. The summed E-state index contributed by atoms with van der Waals surface area (Å²) in [5.41, 5.74) is 2.65. The van der Waals surface area contributed by atoms with E-state index in [1.54, 1.807) is 18.2 Å². The number of aromatic nitrogens is 2. The van der Waals surface area contributed by atoms with Crippen LogP contribution in [0, 0.1) is 13.8 Å². The summed E-state index contributed by atoms with van der Waals surface area (Å²) in [6.45, 7) is 5.54. The molecule has 0 aliphatic carbocycles. The summed E-state index contributed by atoms with van der Waals surface area (Å²) >= 11 is 0. The Bertz CT molecular complexity index is 1250. The van der Waals surface area contributed by atoms with Crippen molar-refractivity contribution in [1.29, 1.82) is 0 Å². The van der Waals surface area contributed by atoms with Crippen LogP contribution in [0.25, 0.3) is 0 Å². The van der Waals surface area contributed by atoms with Crippen LogP contribution in [-0.4, -0.2) is 31.1 Å². The average Bonchev–Trinajstić information content (AvgIpc) is 3.21. The van der Waals surface area contributed by atoms with Crippen molar-refractivity contribution < 1.29 is 22.5 Å². The zero-order valence-electron chi connectivity index (χ0n) is 17.4. The zero-order chi connectivity index (χ0) is 22.2. The highest BCUT2D eigenvalue weighted by molar-refractivity contribution is 7.92. The number of ether oxygens (including phenoxy) is 1. The van der Waals surface area contributed by atoms with Crippen LogP contribution in [0.15, 0.2) is 45.8 Å². The van der Waals surface area contributed by atoms with Gasteiger partial charge >= 0.3 is 0 Å². The lowest BCUT2D eigenvalue weighted by atomic mass is 10.1. The van der Waals surface area contributed by atoms with E-state index in [1.807, 2.05) is 26.8 Å². The number of benzene rings is 2. The number of nitrogens with one attached hydrogen (secondary N) is 1. The van der Waals surface area contributed by atoms with Crippen molar-refractivity contribution in [2.24, 2.45) is 0 Å². The molecule has 0 unspecified atom stereocenters. The molecule has 1 aliphatic heterocycles. The van der Waals surface area contributed by atoms with Gasteiger partial charge in [0, 0.05) is 6.42 Å². The molecule has 162 valence electrons. The Labute approximate surface area is 180 Å². The lowest BCUT2D eigenvalue weighted by molar-refractivity contribution is -0.121. The van der Waals surface area contributed by atoms with E-state index < -0.39 is 10.0 Å². The van der Waals surface area contributed by atoms with Gasteiger partial charge in [0.05, 0.1) is 22.8 Å². The predicted molar refractivity (Wildman–Crippen MR) is 114 cm³/mol. The monoisotopic (exact) mass is 442 g/mol. The van der Waals surface area contributed by atoms with E-state index in [2.05, 4.69) is 14.9 Å². The molecule has 1 aromatic heterocycles. The minimum absolute atomic E-state index is 0.0119. The molecule has 1 N–H and O–H groups in total. The highest BCUT2D eigenvalue weighted by Gasteiger charge is 2.29. The molecule has 2 heterocycles. The summed E-state index contributed by atoms with van der Waals surface area (Å²) in [6.07, 6.45) is 0.576. The predicted octanol–water partition coefficient (Wildman–Crippen LogP) is 2.98. The van der Waals surface area contributed by atoms with Gasteiger partial charge in [0.25, 0.3) is 15.9 Å². The van der Waals surface area contributed by atoms with Gasteiger partial charge < -0.3 is 9.26 Å². The summed E-state index contributed by atoms with van der Waals surface area (Å²) in [6, 6.07) is 9.81. The minimum Gasteiger partial charge on any atom is -0.482 e. The molecule has 0 bridgehead atoms. The molecule has 0 radical (unpaired) electrons. The fourth-order valence-corrected chi connectivity index (χ4v) is 4.37. The molecule has 9 nitrogen and oxygen atoms in total. The third-order valence-electron chi connectivity index (χ3n) is 5.14. The van der Waals surface area contributed by atoms with Gasteiger partial charge in [-0.1, -0.05) is 24.2 Å². The first-order chi connectivity index (χ1) is 14.8. The van der Waals surface area contributed by atoms with Crippen LogP contribution in [0.3, 0.4) is 0 Å². The molecule has 0 fully saturated rings. The quantitative estimate of drug-likeness (QED) is 0.624. The van der Waals surface area contributed by atoms with Crippen LogP contribution in [0.2, 0.25) is 0 Å². The van der Waals surface area contributed by atoms with Crippen LogP contribution >= 0.6 is 0 Å². The number of hydrogen-bond acceptors (Lipinski definition) is 7. The lowest BCUT2D eigenvalue weighted by Crippen LogP contribution is -2.38. The zero-order valence-corrected chi connectivity index (χ0v) is 18.2. The van der Waals surface area contributed by atoms with Gasteiger partial charge in [-0.15, -0.1) is 0 Å². The van der Waals surface area contributed by atoms with Gasteiger partial charge in [0.1, 0.15) is 5.75 Å². The molecule has 0 atom stereocenters. The second kappa shape index (κ2) is 8.03. The average molecular weight is 442 g/mol. The Kier molecular flexibility index (Phi) is 5.40. The first-order valence-corrected chi connectivity index (χ1v) is 11.2. The Morgan fingerprint density at radius 2 is 2.00 bits per heavy atom. The first kappa shape index (κ1) is 20.9. The number of anilines is 2. The van der Waals surface area contributed by atoms with E-state index >= 15 is 0 Å². The van der Waals surface area contributed by atoms with Crippen LogP contribution in [0.5, 0.6) is 5.75 Å². The molecule has 10 heteroatoms. The summed E-state index contributed by atoms with van der Waals surface area (Å²) in [5.74, 6) is 0.877. The minimum atomic E-state index is -3.89.